The van der Waals surface area contributed by atoms with Gasteiger partial charge >= 0.3 is 0 Å². The zero-order valence-electron chi connectivity index (χ0n) is 12.6. The standard InChI is InChI=1S/C18H14ClN3OS/c19-12-6-8-13(9-7-12)22-17(15-5-3-11-23-15)16(21-18(22)24)14-4-1-2-10-20-14/h1-11,16-17H,(H,21,24)/t16-,17+/m0/s1. The average molecular weight is 356 g/mol. The molecule has 1 saturated heterocycles. The molecule has 0 unspecified atom stereocenters. The highest BCUT2D eigenvalue weighted by Crippen LogP contribution is 2.41. The number of hydrogen-bond acceptors (Lipinski definition) is 3. The third kappa shape index (κ3) is 2.66. The quantitative estimate of drug-likeness (QED) is 0.700. The largest absolute Gasteiger partial charge is 0.467 e. The van der Waals surface area contributed by atoms with Gasteiger partial charge in [-0.15, -0.1) is 0 Å². The van der Waals surface area contributed by atoms with Gasteiger partial charge in [-0.05, 0) is 60.7 Å². The smallest absolute Gasteiger partial charge is 0.174 e. The summed E-state index contributed by atoms with van der Waals surface area (Å²) < 4.78 is 5.70. The molecule has 2 aromatic heterocycles. The van der Waals surface area contributed by atoms with Crippen LogP contribution in [0.15, 0.2) is 71.5 Å². The van der Waals surface area contributed by atoms with Gasteiger partial charge in [-0.25, -0.2) is 0 Å². The van der Waals surface area contributed by atoms with Crippen molar-refractivity contribution in [3.63, 3.8) is 0 Å². The molecule has 1 fully saturated rings. The lowest BCUT2D eigenvalue weighted by molar-refractivity contribution is 0.432. The predicted octanol–water partition coefficient (Wildman–Crippen LogP) is 4.51. The Kier molecular flexibility index (Phi) is 3.96. The number of aromatic nitrogens is 1. The Balaban J connectivity index is 1.80. The van der Waals surface area contributed by atoms with Crippen molar-refractivity contribution in [1.29, 1.82) is 0 Å². The highest BCUT2D eigenvalue weighted by atomic mass is 35.5. The van der Waals surface area contributed by atoms with Crippen LogP contribution < -0.4 is 10.2 Å². The lowest BCUT2D eigenvalue weighted by Crippen LogP contribution is -2.29. The zero-order valence-corrected chi connectivity index (χ0v) is 14.2. The van der Waals surface area contributed by atoms with Crippen molar-refractivity contribution < 1.29 is 4.42 Å². The minimum absolute atomic E-state index is 0.0967. The molecule has 0 spiro atoms. The summed E-state index contributed by atoms with van der Waals surface area (Å²) >= 11 is 11.6. The Bertz CT molecular complexity index is 836. The molecule has 0 aliphatic carbocycles. The van der Waals surface area contributed by atoms with Crippen LogP contribution >= 0.6 is 23.8 Å². The number of anilines is 1. The fourth-order valence-electron chi connectivity index (χ4n) is 2.98. The molecular formula is C18H14ClN3OS. The highest BCUT2D eigenvalue weighted by molar-refractivity contribution is 7.80. The van der Waals surface area contributed by atoms with Crippen LogP contribution in [0.4, 0.5) is 5.69 Å². The summed E-state index contributed by atoms with van der Waals surface area (Å²) in [5, 5.41) is 4.69. The molecule has 1 aliphatic rings. The van der Waals surface area contributed by atoms with Crippen molar-refractivity contribution in [3.8, 4) is 0 Å². The van der Waals surface area contributed by atoms with Crippen molar-refractivity contribution in [1.82, 2.24) is 10.3 Å². The number of halogens is 1. The van der Waals surface area contributed by atoms with Crippen LogP contribution in [-0.4, -0.2) is 10.1 Å². The Morgan fingerprint density at radius 1 is 1.08 bits per heavy atom. The number of pyridine rings is 1. The van der Waals surface area contributed by atoms with Gasteiger partial charge in [0.05, 0.1) is 18.0 Å². The summed E-state index contributed by atoms with van der Waals surface area (Å²) in [6.45, 7) is 0. The fraction of sp³-hybridized carbons (Fsp3) is 0.111. The molecule has 1 N–H and O–H groups in total. The van der Waals surface area contributed by atoms with E-state index in [1.807, 2.05) is 59.5 Å². The molecule has 0 radical (unpaired) electrons. The van der Waals surface area contributed by atoms with E-state index in [-0.39, 0.29) is 12.1 Å². The summed E-state index contributed by atoms with van der Waals surface area (Å²) in [4.78, 5) is 6.53. The molecule has 0 amide bonds. The van der Waals surface area contributed by atoms with Crippen molar-refractivity contribution in [2.45, 2.75) is 12.1 Å². The molecule has 4 rings (SSSR count). The molecule has 3 heterocycles. The molecule has 120 valence electrons. The van der Waals surface area contributed by atoms with E-state index >= 15 is 0 Å². The molecule has 3 aromatic rings. The molecule has 0 bridgehead atoms. The van der Waals surface area contributed by atoms with Gasteiger partial charge in [0.15, 0.2) is 5.11 Å². The topological polar surface area (TPSA) is 41.3 Å². The van der Waals surface area contributed by atoms with E-state index in [1.54, 1.807) is 12.5 Å². The van der Waals surface area contributed by atoms with Gasteiger partial charge in [0.1, 0.15) is 11.8 Å². The first-order valence-electron chi connectivity index (χ1n) is 7.53. The Hall–Kier alpha value is -2.37. The second kappa shape index (κ2) is 6.26. The van der Waals surface area contributed by atoms with E-state index in [4.69, 9.17) is 28.2 Å². The average Bonchev–Trinajstić information content (AvgIpc) is 3.24. The maximum absolute atomic E-state index is 6.02. The summed E-state index contributed by atoms with van der Waals surface area (Å²) in [6.07, 6.45) is 3.45. The molecular weight excluding hydrogens is 342 g/mol. The van der Waals surface area contributed by atoms with Gasteiger partial charge in [-0.2, -0.15) is 0 Å². The van der Waals surface area contributed by atoms with E-state index in [0.717, 1.165) is 17.1 Å². The maximum Gasteiger partial charge on any atom is 0.174 e. The first-order valence-corrected chi connectivity index (χ1v) is 8.32. The number of hydrogen-bond donors (Lipinski definition) is 1. The Labute approximate surface area is 150 Å². The number of nitrogens with zero attached hydrogens (tertiary/aromatic N) is 2. The fourth-order valence-corrected chi connectivity index (χ4v) is 3.46. The third-order valence-electron chi connectivity index (χ3n) is 4.04. The van der Waals surface area contributed by atoms with Crippen LogP contribution in [0, 0.1) is 0 Å². The summed E-state index contributed by atoms with van der Waals surface area (Å²) in [5.74, 6) is 0.827. The van der Waals surface area contributed by atoms with E-state index in [0.29, 0.717) is 10.1 Å². The Morgan fingerprint density at radius 3 is 2.58 bits per heavy atom. The minimum atomic E-state index is -0.122. The van der Waals surface area contributed by atoms with E-state index in [9.17, 15) is 0 Å². The normalized spacial score (nSPS) is 20.2. The molecule has 0 saturated carbocycles. The van der Waals surface area contributed by atoms with Crippen LogP contribution in [0.25, 0.3) is 0 Å². The third-order valence-corrected chi connectivity index (χ3v) is 4.60. The van der Waals surface area contributed by atoms with Gasteiger partial charge in [-0.1, -0.05) is 17.7 Å². The van der Waals surface area contributed by atoms with Gasteiger partial charge in [-0.3, -0.25) is 4.98 Å². The molecule has 4 nitrogen and oxygen atoms in total. The molecule has 2 atom stereocenters. The van der Waals surface area contributed by atoms with Crippen molar-refractivity contribution in [2.75, 3.05) is 4.90 Å². The predicted molar refractivity (Wildman–Crippen MR) is 98.1 cm³/mol. The van der Waals surface area contributed by atoms with E-state index in [1.165, 1.54) is 0 Å². The van der Waals surface area contributed by atoms with Crippen molar-refractivity contribution in [2.24, 2.45) is 0 Å². The van der Waals surface area contributed by atoms with Crippen LogP contribution in [0.5, 0.6) is 0 Å². The molecule has 1 aliphatic heterocycles. The van der Waals surface area contributed by atoms with Crippen LogP contribution in [0.3, 0.4) is 0 Å². The van der Waals surface area contributed by atoms with E-state index in [2.05, 4.69) is 10.3 Å². The van der Waals surface area contributed by atoms with Crippen LogP contribution in [-0.2, 0) is 0 Å². The number of nitrogens with one attached hydrogen (secondary N) is 1. The van der Waals surface area contributed by atoms with Gasteiger partial charge < -0.3 is 14.6 Å². The van der Waals surface area contributed by atoms with Crippen LogP contribution in [0.1, 0.15) is 23.5 Å². The van der Waals surface area contributed by atoms with Crippen molar-refractivity contribution >= 4 is 34.6 Å². The molecule has 24 heavy (non-hydrogen) atoms. The maximum atomic E-state index is 6.02. The lowest BCUT2D eigenvalue weighted by Gasteiger charge is -2.26. The number of furan rings is 1. The first-order chi connectivity index (χ1) is 11.7. The van der Waals surface area contributed by atoms with Crippen molar-refractivity contribution in [3.05, 3.63) is 83.5 Å². The first kappa shape index (κ1) is 15.2. The zero-order chi connectivity index (χ0) is 16.5. The van der Waals surface area contributed by atoms with E-state index < -0.39 is 0 Å². The minimum Gasteiger partial charge on any atom is -0.467 e. The summed E-state index contributed by atoms with van der Waals surface area (Å²) in [5.41, 5.74) is 1.87. The number of rotatable bonds is 3. The SMILES string of the molecule is S=C1N[C@@H](c2ccccn2)[C@@H](c2ccco2)N1c1ccc(Cl)cc1. The highest BCUT2D eigenvalue weighted by Gasteiger charge is 2.42. The molecule has 6 heteroatoms. The van der Waals surface area contributed by atoms with Crippen LogP contribution in [0.2, 0.25) is 5.02 Å². The Morgan fingerprint density at radius 2 is 1.92 bits per heavy atom. The second-order valence-electron chi connectivity index (χ2n) is 5.49. The summed E-state index contributed by atoms with van der Waals surface area (Å²) in [6, 6.07) is 17.1. The van der Waals surface area contributed by atoms with Gasteiger partial charge in [0.2, 0.25) is 0 Å². The monoisotopic (exact) mass is 355 g/mol. The van der Waals surface area contributed by atoms with Gasteiger partial charge in [0, 0.05) is 16.9 Å². The summed E-state index contributed by atoms with van der Waals surface area (Å²) in [7, 11) is 0. The molecule has 1 aromatic carbocycles. The number of benzene rings is 1. The van der Waals surface area contributed by atoms with Gasteiger partial charge in [0.25, 0.3) is 0 Å². The lowest BCUT2D eigenvalue weighted by atomic mass is 10.0. The number of thiocarbonyl (C=S) groups is 1. The second-order valence-corrected chi connectivity index (χ2v) is 6.31.